The molecule has 1 nitrogen and oxygen atoms in total. The monoisotopic (exact) mass is 305 g/mol. The largest absolute Gasteiger partial charge is 0.310 e. The average molecular weight is 306 g/mol. The zero-order valence-corrected chi connectivity index (χ0v) is 13.5. The molecule has 112 valence electrons. The van der Waals surface area contributed by atoms with Crippen molar-refractivity contribution in [1.82, 2.24) is 5.32 Å². The molecular weight excluding hydrogens is 285 g/mol. The van der Waals surface area contributed by atoms with Gasteiger partial charge in [0, 0.05) is 11.1 Å². The Morgan fingerprint density at radius 2 is 1.90 bits per heavy atom. The number of halogens is 2. The van der Waals surface area contributed by atoms with Crippen LogP contribution in [0, 0.1) is 19.7 Å². The summed E-state index contributed by atoms with van der Waals surface area (Å²) in [4.78, 5) is 0. The van der Waals surface area contributed by atoms with Gasteiger partial charge >= 0.3 is 0 Å². The second kappa shape index (κ2) is 7.06. The standard InChI is InChI=1S/C18H21ClFN/c1-4-21-18(16-11-15(20)8-6-13(16)3)10-14-7-5-12(2)9-17(14)19/h5-9,11,18,21H,4,10H2,1-3H3. The highest BCUT2D eigenvalue weighted by Gasteiger charge is 2.16. The van der Waals surface area contributed by atoms with Crippen LogP contribution in [0.25, 0.3) is 0 Å². The van der Waals surface area contributed by atoms with Gasteiger partial charge in [-0.3, -0.25) is 0 Å². The van der Waals surface area contributed by atoms with Gasteiger partial charge in [-0.05, 0) is 67.3 Å². The summed E-state index contributed by atoms with van der Waals surface area (Å²) in [6, 6.07) is 11.1. The first-order chi connectivity index (χ1) is 10.0. The Morgan fingerprint density at radius 1 is 1.14 bits per heavy atom. The summed E-state index contributed by atoms with van der Waals surface area (Å²) in [7, 11) is 0. The normalized spacial score (nSPS) is 12.4. The van der Waals surface area contributed by atoms with Gasteiger partial charge in [0.2, 0.25) is 0 Å². The topological polar surface area (TPSA) is 12.0 Å². The molecule has 2 rings (SSSR count). The lowest BCUT2D eigenvalue weighted by Gasteiger charge is -2.21. The van der Waals surface area contributed by atoms with Gasteiger partial charge < -0.3 is 5.32 Å². The summed E-state index contributed by atoms with van der Waals surface area (Å²) >= 11 is 6.33. The van der Waals surface area contributed by atoms with Crippen molar-refractivity contribution in [2.24, 2.45) is 0 Å². The molecule has 0 aliphatic heterocycles. The van der Waals surface area contributed by atoms with Crippen molar-refractivity contribution in [3.8, 4) is 0 Å². The highest BCUT2D eigenvalue weighted by molar-refractivity contribution is 6.31. The minimum Gasteiger partial charge on any atom is -0.310 e. The number of hydrogen-bond acceptors (Lipinski definition) is 1. The van der Waals surface area contributed by atoms with Gasteiger partial charge in [0.25, 0.3) is 0 Å². The Hall–Kier alpha value is -1.38. The number of nitrogens with one attached hydrogen (secondary N) is 1. The lowest BCUT2D eigenvalue weighted by molar-refractivity contribution is 0.540. The van der Waals surface area contributed by atoms with Crippen molar-refractivity contribution in [1.29, 1.82) is 0 Å². The van der Waals surface area contributed by atoms with Crippen molar-refractivity contribution in [2.75, 3.05) is 6.54 Å². The Morgan fingerprint density at radius 3 is 2.57 bits per heavy atom. The second-order valence-electron chi connectivity index (χ2n) is 5.41. The third-order valence-electron chi connectivity index (χ3n) is 3.70. The lowest BCUT2D eigenvalue weighted by Crippen LogP contribution is -2.24. The van der Waals surface area contributed by atoms with Crippen LogP contribution >= 0.6 is 11.6 Å². The van der Waals surface area contributed by atoms with Crippen LogP contribution in [0.2, 0.25) is 5.02 Å². The van der Waals surface area contributed by atoms with Crippen molar-refractivity contribution < 1.29 is 4.39 Å². The molecule has 0 spiro atoms. The molecule has 0 aromatic heterocycles. The molecule has 2 aromatic carbocycles. The van der Waals surface area contributed by atoms with Gasteiger partial charge in [-0.15, -0.1) is 0 Å². The summed E-state index contributed by atoms with van der Waals surface area (Å²) < 4.78 is 13.6. The fraction of sp³-hybridized carbons (Fsp3) is 0.333. The minimum absolute atomic E-state index is 0.0610. The van der Waals surface area contributed by atoms with Gasteiger partial charge in [-0.2, -0.15) is 0 Å². The van der Waals surface area contributed by atoms with Gasteiger partial charge in [0.15, 0.2) is 0 Å². The molecule has 1 unspecified atom stereocenters. The van der Waals surface area contributed by atoms with Crippen molar-refractivity contribution in [2.45, 2.75) is 33.2 Å². The van der Waals surface area contributed by atoms with Crippen LogP contribution in [0.4, 0.5) is 4.39 Å². The van der Waals surface area contributed by atoms with E-state index in [1.165, 1.54) is 6.07 Å². The summed E-state index contributed by atoms with van der Waals surface area (Å²) in [6.07, 6.45) is 0.747. The molecule has 21 heavy (non-hydrogen) atoms. The Balaban J connectivity index is 2.32. The summed E-state index contributed by atoms with van der Waals surface area (Å²) in [5.41, 5.74) is 4.31. The quantitative estimate of drug-likeness (QED) is 0.820. The highest BCUT2D eigenvalue weighted by Crippen LogP contribution is 2.26. The van der Waals surface area contributed by atoms with Crippen LogP contribution in [0.3, 0.4) is 0 Å². The van der Waals surface area contributed by atoms with Crippen molar-refractivity contribution >= 4 is 11.6 Å². The smallest absolute Gasteiger partial charge is 0.123 e. The SMILES string of the molecule is CCNC(Cc1ccc(C)cc1Cl)c1cc(F)ccc1C. The second-order valence-corrected chi connectivity index (χ2v) is 5.82. The van der Waals surface area contributed by atoms with E-state index >= 15 is 0 Å². The third-order valence-corrected chi connectivity index (χ3v) is 4.05. The average Bonchev–Trinajstić information content (AvgIpc) is 2.44. The van der Waals surface area contributed by atoms with Gasteiger partial charge in [-0.25, -0.2) is 4.39 Å². The van der Waals surface area contributed by atoms with E-state index in [-0.39, 0.29) is 11.9 Å². The molecule has 0 amide bonds. The highest BCUT2D eigenvalue weighted by atomic mass is 35.5. The van der Waals surface area contributed by atoms with Gasteiger partial charge in [0.1, 0.15) is 5.82 Å². The maximum atomic E-state index is 13.6. The molecule has 0 radical (unpaired) electrons. The molecular formula is C18H21ClFN. The lowest BCUT2D eigenvalue weighted by atomic mass is 9.94. The zero-order valence-electron chi connectivity index (χ0n) is 12.7. The predicted octanol–water partition coefficient (Wildman–Crippen LogP) is 4.99. The molecule has 1 N–H and O–H groups in total. The molecule has 0 heterocycles. The van der Waals surface area contributed by atoms with Crippen LogP contribution in [-0.2, 0) is 6.42 Å². The van der Waals surface area contributed by atoms with Gasteiger partial charge in [-0.1, -0.05) is 36.7 Å². The Bertz CT molecular complexity index is 625. The molecule has 3 heteroatoms. The molecule has 0 fully saturated rings. The van der Waals surface area contributed by atoms with Crippen LogP contribution in [-0.4, -0.2) is 6.54 Å². The van der Waals surface area contributed by atoms with E-state index in [4.69, 9.17) is 11.6 Å². The number of likely N-dealkylation sites (N-methyl/N-ethyl adjacent to an activating group) is 1. The fourth-order valence-electron chi connectivity index (χ4n) is 2.56. The summed E-state index contributed by atoms with van der Waals surface area (Å²) in [5.74, 6) is -0.200. The van der Waals surface area contributed by atoms with E-state index in [0.29, 0.717) is 0 Å². The van der Waals surface area contributed by atoms with E-state index in [9.17, 15) is 4.39 Å². The Kier molecular flexibility index (Phi) is 5.38. The van der Waals surface area contributed by atoms with Gasteiger partial charge in [0.05, 0.1) is 0 Å². The summed E-state index contributed by atoms with van der Waals surface area (Å²) in [6.45, 7) is 6.91. The maximum Gasteiger partial charge on any atom is 0.123 e. The third kappa shape index (κ3) is 4.05. The minimum atomic E-state index is -0.200. The fourth-order valence-corrected chi connectivity index (χ4v) is 2.88. The van der Waals surface area contributed by atoms with Crippen LogP contribution in [0.15, 0.2) is 36.4 Å². The van der Waals surface area contributed by atoms with Crippen LogP contribution < -0.4 is 5.32 Å². The molecule has 0 aliphatic rings. The van der Waals surface area contributed by atoms with Crippen LogP contribution in [0.1, 0.15) is 35.2 Å². The van der Waals surface area contributed by atoms with Crippen molar-refractivity contribution in [3.63, 3.8) is 0 Å². The Labute approximate surface area is 131 Å². The van der Waals surface area contributed by atoms with E-state index in [0.717, 1.165) is 40.2 Å². The first-order valence-corrected chi connectivity index (χ1v) is 7.63. The number of aryl methyl sites for hydroxylation is 2. The summed E-state index contributed by atoms with van der Waals surface area (Å²) in [5, 5.41) is 4.20. The number of benzene rings is 2. The van der Waals surface area contributed by atoms with E-state index in [1.54, 1.807) is 6.07 Å². The molecule has 1 atom stereocenters. The number of rotatable bonds is 5. The predicted molar refractivity (Wildman–Crippen MR) is 87.4 cm³/mol. The molecule has 2 aromatic rings. The molecule has 0 bridgehead atoms. The molecule has 0 saturated carbocycles. The van der Waals surface area contributed by atoms with Crippen LogP contribution in [0.5, 0.6) is 0 Å². The maximum absolute atomic E-state index is 13.6. The van der Waals surface area contributed by atoms with E-state index < -0.39 is 0 Å². The zero-order chi connectivity index (χ0) is 15.4. The van der Waals surface area contributed by atoms with Crippen molar-refractivity contribution in [3.05, 3.63) is 69.5 Å². The van der Waals surface area contributed by atoms with E-state index in [1.807, 2.05) is 26.0 Å². The number of hydrogen-bond donors (Lipinski definition) is 1. The molecule has 0 aliphatic carbocycles. The molecule has 0 saturated heterocycles. The first kappa shape index (κ1) is 16.0. The first-order valence-electron chi connectivity index (χ1n) is 7.25. The van der Waals surface area contributed by atoms with E-state index in [2.05, 4.69) is 24.4 Å².